The Hall–Kier alpha value is -2.33. The Morgan fingerprint density at radius 1 is 1.00 bits per heavy atom. The molecule has 0 saturated heterocycles. The zero-order valence-corrected chi connectivity index (χ0v) is 12.8. The molecule has 7 heteroatoms. The number of alkyl halides is 3. The van der Waals surface area contributed by atoms with Crippen LogP contribution in [0.3, 0.4) is 0 Å². The molecule has 0 aliphatic rings. The third kappa shape index (κ3) is 3.54. The largest absolute Gasteiger partial charge is 0.416 e. The second-order valence-electron chi connectivity index (χ2n) is 4.96. The number of nitrogens with zero attached hydrogens (tertiary/aromatic N) is 1. The van der Waals surface area contributed by atoms with E-state index in [-0.39, 0.29) is 10.5 Å². The van der Waals surface area contributed by atoms with Crippen LogP contribution in [-0.4, -0.2) is 8.42 Å². The van der Waals surface area contributed by atoms with Crippen molar-refractivity contribution in [1.82, 2.24) is 0 Å². The highest BCUT2D eigenvalue weighted by Gasteiger charge is 2.36. The fourth-order valence-electron chi connectivity index (χ4n) is 2.02. The molecule has 0 amide bonds. The van der Waals surface area contributed by atoms with E-state index in [4.69, 9.17) is 6.57 Å². The minimum atomic E-state index is -4.51. The molecule has 0 bridgehead atoms. The first-order valence-corrected chi connectivity index (χ1v) is 8.05. The quantitative estimate of drug-likeness (QED) is 0.777. The zero-order valence-electron chi connectivity index (χ0n) is 12.0. The minimum absolute atomic E-state index is 0.00794. The SMILES string of the molecule is [C-]#[N+][C@H](c1ccc(C(F)(F)F)cc1)S(=O)(=O)c1ccc(C)cc1. The molecular formula is C16H12F3NO2S. The third-order valence-corrected chi connectivity index (χ3v) is 5.18. The summed E-state index contributed by atoms with van der Waals surface area (Å²) in [5, 5.41) is -1.58. The third-order valence-electron chi connectivity index (χ3n) is 3.28. The van der Waals surface area contributed by atoms with Gasteiger partial charge in [-0.15, -0.1) is 0 Å². The lowest BCUT2D eigenvalue weighted by molar-refractivity contribution is -0.137. The lowest BCUT2D eigenvalue weighted by Gasteiger charge is -2.10. The molecule has 0 N–H and O–H groups in total. The number of benzene rings is 2. The molecule has 0 aromatic heterocycles. The van der Waals surface area contributed by atoms with Gasteiger partial charge in [0.1, 0.15) is 0 Å². The molecule has 3 nitrogen and oxygen atoms in total. The predicted molar refractivity (Wildman–Crippen MR) is 79.2 cm³/mol. The van der Waals surface area contributed by atoms with Crippen LogP contribution < -0.4 is 0 Å². The van der Waals surface area contributed by atoms with E-state index < -0.39 is 27.0 Å². The smallest absolute Gasteiger partial charge is 0.291 e. The highest BCUT2D eigenvalue weighted by molar-refractivity contribution is 7.91. The van der Waals surface area contributed by atoms with E-state index in [0.29, 0.717) is 0 Å². The van der Waals surface area contributed by atoms with Gasteiger partial charge in [0.2, 0.25) is 0 Å². The molecule has 2 rings (SSSR count). The number of aryl methyl sites for hydroxylation is 1. The van der Waals surface area contributed by atoms with Crippen LogP contribution in [-0.2, 0) is 16.0 Å². The Bertz CT molecular complexity index is 833. The van der Waals surface area contributed by atoms with Gasteiger partial charge in [-0.05, 0) is 43.3 Å². The van der Waals surface area contributed by atoms with E-state index in [0.717, 1.165) is 29.8 Å². The van der Waals surface area contributed by atoms with Crippen molar-refractivity contribution >= 4 is 9.84 Å². The highest BCUT2D eigenvalue weighted by atomic mass is 32.2. The fraction of sp³-hybridized carbons (Fsp3) is 0.188. The maximum absolute atomic E-state index is 12.6. The molecule has 120 valence electrons. The summed E-state index contributed by atoms with van der Waals surface area (Å²) in [6.07, 6.45) is -4.51. The van der Waals surface area contributed by atoms with Gasteiger partial charge in [-0.25, -0.2) is 15.0 Å². The first-order valence-electron chi connectivity index (χ1n) is 6.50. The number of hydrogen-bond acceptors (Lipinski definition) is 2. The zero-order chi connectivity index (χ0) is 17.3. The molecule has 2 aromatic carbocycles. The van der Waals surface area contributed by atoms with Crippen LogP contribution in [0.5, 0.6) is 0 Å². The Morgan fingerprint density at radius 3 is 1.96 bits per heavy atom. The lowest BCUT2D eigenvalue weighted by Crippen LogP contribution is -2.11. The molecule has 0 saturated carbocycles. The van der Waals surface area contributed by atoms with Crippen LogP contribution in [0, 0.1) is 13.5 Å². The summed E-state index contributed by atoms with van der Waals surface area (Å²) in [6, 6.07) is 9.56. The molecule has 23 heavy (non-hydrogen) atoms. The van der Waals surface area contributed by atoms with Crippen LogP contribution in [0.25, 0.3) is 4.85 Å². The molecule has 0 aliphatic heterocycles. The van der Waals surface area contributed by atoms with Gasteiger partial charge in [0, 0.05) is 0 Å². The average Bonchev–Trinajstić information content (AvgIpc) is 2.48. The molecule has 0 fully saturated rings. The molecule has 0 radical (unpaired) electrons. The van der Waals surface area contributed by atoms with Crippen molar-refractivity contribution in [3.63, 3.8) is 0 Å². The van der Waals surface area contributed by atoms with Gasteiger partial charge in [-0.2, -0.15) is 13.2 Å². The summed E-state index contributed by atoms with van der Waals surface area (Å²) in [4.78, 5) is 3.06. The maximum atomic E-state index is 12.6. The van der Waals surface area contributed by atoms with Gasteiger partial charge in [-0.3, -0.25) is 4.85 Å². The summed E-state index contributed by atoms with van der Waals surface area (Å²) in [5.74, 6) is 0. The van der Waals surface area contributed by atoms with Crippen LogP contribution in [0.4, 0.5) is 13.2 Å². The maximum Gasteiger partial charge on any atom is 0.416 e. The number of rotatable bonds is 3. The summed E-state index contributed by atoms with van der Waals surface area (Å²) < 4.78 is 62.7. The molecule has 0 aliphatic carbocycles. The van der Waals surface area contributed by atoms with Crippen LogP contribution in [0.2, 0.25) is 0 Å². The van der Waals surface area contributed by atoms with Gasteiger partial charge in [0.15, 0.2) is 0 Å². The van der Waals surface area contributed by atoms with Crippen molar-refractivity contribution in [3.8, 4) is 0 Å². The van der Waals surface area contributed by atoms with Gasteiger partial charge in [0.05, 0.1) is 16.0 Å². The van der Waals surface area contributed by atoms with Crippen molar-refractivity contribution in [2.24, 2.45) is 0 Å². The van der Waals surface area contributed by atoms with Crippen molar-refractivity contribution in [2.45, 2.75) is 23.4 Å². The van der Waals surface area contributed by atoms with Crippen molar-refractivity contribution in [3.05, 3.63) is 76.6 Å². The topological polar surface area (TPSA) is 38.5 Å². The first kappa shape index (κ1) is 17.0. The summed E-state index contributed by atoms with van der Waals surface area (Å²) in [6.45, 7) is 8.93. The normalized spacial score (nSPS) is 13.3. The minimum Gasteiger partial charge on any atom is -0.291 e. The molecule has 1 atom stereocenters. The van der Waals surface area contributed by atoms with Crippen LogP contribution in [0.1, 0.15) is 22.1 Å². The summed E-state index contributed by atoms with van der Waals surface area (Å²) in [7, 11) is -4.00. The second-order valence-corrected chi connectivity index (χ2v) is 6.97. The molecule has 0 heterocycles. The Balaban J connectivity index is 2.43. The predicted octanol–water partition coefficient (Wildman–Crippen LogP) is 4.41. The fourth-order valence-corrected chi connectivity index (χ4v) is 3.44. The summed E-state index contributed by atoms with van der Waals surface area (Å²) in [5.41, 5.74) is -0.0240. The highest BCUT2D eigenvalue weighted by Crippen LogP contribution is 2.33. The van der Waals surface area contributed by atoms with Crippen molar-refractivity contribution in [1.29, 1.82) is 0 Å². The average molecular weight is 339 g/mol. The van der Waals surface area contributed by atoms with E-state index in [1.807, 2.05) is 0 Å². The van der Waals surface area contributed by atoms with Gasteiger partial charge in [0.25, 0.3) is 9.84 Å². The number of hydrogen-bond donors (Lipinski definition) is 0. The van der Waals surface area contributed by atoms with E-state index in [9.17, 15) is 21.6 Å². The van der Waals surface area contributed by atoms with E-state index >= 15 is 0 Å². The van der Waals surface area contributed by atoms with E-state index in [1.165, 1.54) is 12.1 Å². The van der Waals surface area contributed by atoms with Gasteiger partial charge in [-0.1, -0.05) is 17.7 Å². The van der Waals surface area contributed by atoms with Gasteiger partial charge < -0.3 is 0 Å². The molecule has 2 aromatic rings. The standard InChI is InChI=1S/C16H12F3NO2S/c1-11-3-9-14(10-4-11)23(21,22)15(20-2)12-5-7-13(8-6-12)16(17,18)19/h3-10,15H,1H3/t15-/m0/s1. The molecule has 0 unspecified atom stereocenters. The molecular weight excluding hydrogens is 327 g/mol. The summed E-state index contributed by atoms with van der Waals surface area (Å²) >= 11 is 0. The second kappa shape index (κ2) is 6.05. The molecule has 0 spiro atoms. The van der Waals surface area contributed by atoms with E-state index in [1.54, 1.807) is 19.1 Å². The first-order chi connectivity index (χ1) is 10.7. The Labute approximate surface area is 132 Å². The Morgan fingerprint density at radius 2 is 1.52 bits per heavy atom. The van der Waals surface area contributed by atoms with Gasteiger partial charge >= 0.3 is 11.6 Å². The number of sulfone groups is 1. The lowest BCUT2D eigenvalue weighted by atomic mass is 10.1. The van der Waals surface area contributed by atoms with E-state index in [2.05, 4.69) is 4.85 Å². The van der Waals surface area contributed by atoms with Crippen LogP contribution >= 0.6 is 0 Å². The monoisotopic (exact) mass is 339 g/mol. The van der Waals surface area contributed by atoms with Crippen molar-refractivity contribution in [2.75, 3.05) is 0 Å². The van der Waals surface area contributed by atoms with Crippen LogP contribution in [0.15, 0.2) is 53.4 Å². The van der Waals surface area contributed by atoms with Crippen molar-refractivity contribution < 1.29 is 21.6 Å². The number of halogens is 3. The Kier molecular flexibility index (Phi) is 4.48.